The fraction of sp³-hybridized carbons (Fsp3) is 0.500. The molecule has 1 N–H and O–H groups in total. The molecule has 4 heteroatoms. The highest BCUT2D eigenvalue weighted by molar-refractivity contribution is 9.09. The van der Waals surface area contributed by atoms with Gasteiger partial charge in [0, 0.05) is 22.0 Å². The third-order valence-corrected chi connectivity index (χ3v) is 3.29. The van der Waals surface area contributed by atoms with Crippen molar-refractivity contribution in [3.05, 3.63) is 34.9 Å². The largest absolute Gasteiger partial charge is 0.351 e. The minimum atomic E-state index is -0.0872. The summed E-state index contributed by atoms with van der Waals surface area (Å²) in [6, 6.07) is 6.96. The highest BCUT2D eigenvalue weighted by atomic mass is 79.9. The van der Waals surface area contributed by atoms with Crippen molar-refractivity contribution < 1.29 is 4.79 Å². The van der Waals surface area contributed by atoms with Crippen LogP contribution in [0.2, 0.25) is 5.02 Å². The van der Waals surface area contributed by atoms with Crippen LogP contribution in [-0.2, 0) is 0 Å². The average molecular weight is 333 g/mol. The van der Waals surface area contributed by atoms with Crippen molar-refractivity contribution in [1.29, 1.82) is 0 Å². The van der Waals surface area contributed by atoms with E-state index in [0.717, 1.165) is 6.42 Å². The van der Waals surface area contributed by atoms with Gasteiger partial charge in [-0.15, -0.1) is 0 Å². The molecule has 2 nitrogen and oxygen atoms in total. The number of rotatable bonds is 4. The molecule has 1 rings (SSSR count). The molecular formula is C14H19BrClNO. The summed E-state index contributed by atoms with van der Waals surface area (Å²) in [5, 5.41) is 3.48. The van der Waals surface area contributed by atoms with E-state index in [4.69, 9.17) is 11.6 Å². The van der Waals surface area contributed by atoms with Gasteiger partial charge in [-0.05, 0) is 30.0 Å². The molecule has 0 spiro atoms. The number of amides is 1. The van der Waals surface area contributed by atoms with Crippen LogP contribution in [0.1, 0.15) is 37.6 Å². The lowest BCUT2D eigenvalue weighted by Crippen LogP contribution is -2.31. The molecule has 0 bridgehead atoms. The van der Waals surface area contributed by atoms with E-state index in [1.165, 1.54) is 0 Å². The highest BCUT2D eigenvalue weighted by Crippen LogP contribution is 2.24. The van der Waals surface area contributed by atoms with Crippen molar-refractivity contribution in [2.45, 2.75) is 32.0 Å². The second-order valence-electron chi connectivity index (χ2n) is 5.58. The van der Waals surface area contributed by atoms with E-state index in [0.29, 0.717) is 17.1 Å². The number of carbonyl (C=O) groups is 1. The molecular weight excluding hydrogens is 314 g/mol. The van der Waals surface area contributed by atoms with Crippen LogP contribution in [-0.4, -0.2) is 17.3 Å². The molecule has 100 valence electrons. The van der Waals surface area contributed by atoms with Gasteiger partial charge < -0.3 is 5.32 Å². The Morgan fingerprint density at radius 1 is 1.44 bits per heavy atom. The van der Waals surface area contributed by atoms with Gasteiger partial charge in [-0.3, -0.25) is 4.79 Å². The van der Waals surface area contributed by atoms with E-state index >= 15 is 0 Å². The van der Waals surface area contributed by atoms with Crippen molar-refractivity contribution in [1.82, 2.24) is 5.32 Å². The molecule has 0 aromatic heterocycles. The minimum absolute atomic E-state index is 0.0872. The van der Waals surface area contributed by atoms with Crippen LogP contribution in [0.15, 0.2) is 24.3 Å². The van der Waals surface area contributed by atoms with E-state index in [-0.39, 0.29) is 16.1 Å². The third kappa shape index (κ3) is 5.87. The quantitative estimate of drug-likeness (QED) is 0.820. The van der Waals surface area contributed by atoms with Crippen LogP contribution < -0.4 is 5.32 Å². The van der Waals surface area contributed by atoms with Gasteiger partial charge in [0.1, 0.15) is 0 Å². The van der Waals surface area contributed by atoms with Crippen molar-refractivity contribution in [3.8, 4) is 0 Å². The van der Waals surface area contributed by atoms with Crippen molar-refractivity contribution in [2.24, 2.45) is 5.41 Å². The fourth-order valence-electron chi connectivity index (χ4n) is 1.67. The Kier molecular flexibility index (Phi) is 5.67. The minimum Gasteiger partial charge on any atom is -0.351 e. The second kappa shape index (κ2) is 6.58. The van der Waals surface area contributed by atoms with E-state index in [2.05, 4.69) is 42.0 Å². The number of nitrogens with one attached hydrogen (secondary N) is 1. The van der Waals surface area contributed by atoms with Crippen LogP contribution in [0.4, 0.5) is 0 Å². The Morgan fingerprint density at radius 3 is 2.67 bits per heavy atom. The number of carbonyl (C=O) groups excluding carboxylic acids is 1. The normalized spacial score (nSPS) is 13.2. The molecule has 0 aliphatic carbocycles. The smallest absolute Gasteiger partial charge is 0.251 e. The first-order valence-corrected chi connectivity index (χ1v) is 7.25. The molecule has 0 saturated heterocycles. The fourth-order valence-corrected chi connectivity index (χ4v) is 3.00. The maximum Gasteiger partial charge on any atom is 0.251 e. The maximum atomic E-state index is 11.9. The van der Waals surface area contributed by atoms with Crippen molar-refractivity contribution in [2.75, 3.05) is 6.54 Å². The summed E-state index contributed by atoms with van der Waals surface area (Å²) >= 11 is 9.44. The molecule has 0 aliphatic rings. The zero-order valence-electron chi connectivity index (χ0n) is 11.0. The molecule has 0 heterocycles. The summed E-state index contributed by atoms with van der Waals surface area (Å²) in [5.41, 5.74) is 0.840. The number of benzene rings is 1. The molecule has 1 amide bonds. The predicted molar refractivity (Wildman–Crippen MR) is 80.6 cm³/mol. The summed E-state index contributed by atoms with van der Waals surface area (Å²) < 4.78 is 0. The molecule has 18 heavy (non-hydrogen) atoms. The first-order chi connectivity index (χ1) is 8.28. The van der Waals surface area contributed by atoms with Gasteiger partial charge in [0.05, 0.1) is 0 Å². The van der Waals surface area contributed by atoms with E-state index in [9.17, 15) is 4.79 Å². The lowest BCUT2D eigenvalue weighted by Gasteiger charge is -2.22. The lowest BCUT2D eigenvalue weighted by atomic mass is 9.90. The molecule has 0 saturated carbocycles. The molecule has 0 fully saturated rings. The first-order valence-electron chi connectivity index (χ1n) is 5.96. The number of halogens is 2. The van der Waals surface area contributed by atoms with Gasteiger partial charge in [0.25, 0.3) is 5.91 Å². The monoisotopic (exact) mass is 331 g/mol. The number of hydrogen-bond donors (Lipinski definition) is 1. The van der Waals surface area contributed by atoms with E-state index < -0.39 is 0 Å². The zero-order chi connectivity index (χ0) is 13.8. The van der Waals surface area contributed by atoms with Gasteiger partial charge >= 0.3 is 0 Å². The average Bonchev–Trinajstić information content (AvgIpc) is 2.23. The number of hydrogen-bond acceptors (Lipinski definition) is 1. The van der Waals surface area contributed by atoms with Gasteiger partial charge in [0.15, 0.2) is 0 Å². The Labute approximate surface area is 122 Å². The van der Waals surface area contributed by atoms with Crippen LogP contribution in [0.3, 0.4) is 0 Å². The Bertz CT molecular complexity index is 415. The maximum absolute atomic E-state index is 11.9. The molecule has 1 aromatic carbocycles. The number of alkyl halides is 1. The van der Waals surface area contributed by atoms with E-state index in [1.807, 2.05) is 0 Å². The summed E-state index contributed by atoms with van der Waals surface area (Å²) in [6.45, 7) is 7.16. The SMILES string of the molecule is CC(C)(C)CC(Br)CNC(=O)c1cccc(Cl)c1. The Balaban J connectivity index is 2.47. The summed E-state index contributed by atoms with van der Waals surface area (Å²) in [5.74, 6) is -0.0872. The Hall–Kier alpha value is -0.540. The summed E-state index contributed by atoms with van der Waals surface area (Å²) in [6.07, 6.45) is 1.00. The highest BCUT2D eigenvalue weighted by Gasteiger charge is 2.17. The summed E-state index contributed by atoms with van der Waals surface area (Å²) in [4.78, 5) is 12.2. The van der Waals surface area contributed by atoms with Gasteiger partial charge in [-0.25, -0.2) is 0 Å². The molecule has 1 unspecified atom stereocenters. The van der Waals surface area contributed by atoms with Crippen LogP contribution in [0.25, 0.3) is 0 Å². The molecule has 0 radical (unpaired) electrons. The molecule has 1 aromatic rings. The van der Waals surface area contributed by atoms with E-state index in [1.54, 1.807) is 24.3 Å². The standard InChI is InChI=1S/C14H19BrClNO/c1-14(2,3)8-11(15)9-17-13(18)10-5-4-6-12(16)7-10/h4-7,11H,8-9H2,1-3H3,(H,17,18). The van der Waals surface area contributed by atoms with Crippen molar-refractivity contribution >= 4 is 33.4 Å². The second-order valence-corrected chi connectivity index (χ2v) is 7.31. The van der Waals surface area contributed by atoms with Gasteiger partial charge in [-0.2, -0.15) is 0 Å². The first kappa shape index (κ1) is 15.5. The predicted octanol–water partition coefficient (Wildman–Crippen LogP) is 4.27. The lowest BCUT2D eigenvalue weighted by molar-refractivity contribution is 0.0952. The Morgan fingerprint density at radius 2 is 2.11 bits per heavy atom. The van der Waals surface area contributed by atoms with Crippen LogP contribution in [0, 0.1) is 5.41 Å². The third-order valence-electron chi connectivity index (χ3n) is 2.40. The zero-order valence-corrected chi connectivity index (χ0v) is 13.3. The molecule has 1 atom stereocenters. The topological polar surface area (TPSA) is 29.1 Å². The van der Waals surface area contributed by atoms with Gasteiger partial charge in [-0.1, -0.05) is 54.4 Å². The molecule has 0 aliphatic heterocycles. The van der Waals surface area contributed by atoms with Crippen LogP contribution >= 0.6 is 27.5 Å². The summed E-state index contributed by atoms with van der Waals surface area (Å²) in [7, 11) is 0. The van der Waals surface area contributed by atoms with Gasteiger partial charge in [0.2, 0.25) is 0 Å². The van der Waals surface area contributed by atoms with Crippen molar-refractivity contribution in [3.63, 3.8) is 0 Å². The van der Waals surface area contributed by atoms with Crippen LogP contribution in [0.5, 0.6) is 0 Å².